The van der Waals surface area contributed by atoms with E-state index in [9.17, 15) is 4.79 Å². The maximum absolute atomic E-state index is 11.7. The van der Waals surface area contributed by atoms with Crippen LogP contribution < -0.4 is 5.32 Å². The number of fused-ring (bicyclic) bond motifs is 1. The maximum atomic E-state index is 11.7. The van der Waals surface area contributed by atoms with Gasteiger partial charge in [0.2, 0.25) is 0 Å². The van der Waals surface area contributed by atoms with Gasteiger partial charge in [-0.05, 0) is 32.9 Å². The molecule has 1 N–H and O–H groups in total. The number of aryl methyl sites for hydroxylation is 1. The van der Waals surface area contributed by atoms with E-state index in [4.69, 9.17) is 4.74 Å². The zero-order chi connectivity index (χ0) is 14.8. The van der Waals surface area contributed by atoms with Crippen molar-refractivity contribution < 1.29 is 9.53 Å². The molecule has 0 aliphatic rings. The van der Waals surface area contributed by atoms with E-state index in [2.05, 4.69) is 15.3 Å². The topological polar surface area (TPSA) is 64.1 Å². The molecule has 0 aliphatic heterocycles. The number of methoxy groups -OCH3 is 1. The molecule has 1 aromatic carbocycles. The summed E-state index contributed by atoms with van der Waals surface area (Å²) in [4.78, 5) is 20.2. The first-order chi connectivity index (χ1) is 9.44. The van der Waals surface area contributed by atoms with Gasteiger partial charge >= 0.3 is 5.97 Å². The van der Waals surface area contributed by atoms with Gasteiger partial charge in [0.05, 0.1) is 18.0 Å². The number of nitrogens with zero attached hydrogens (tertiary/aromatic N) is 2. The van der Waals surface area contributed by atoms with Crippen LogP contribution in [-0.2, 0) is 9.53 Å². The summed E-state index contributed by atoms with van der Waals surface area (Å²) in [6, 6.07) is 6.00. The zero-order valence-corrected chi connectivity index (χ0v) is 12.2. The SMILES string of the molecule is COC(=O)C(C)(C)CNc1ncnc2ccc(C)cc12. The molecule has 0 saturated carbocycles. The number of carbonyl (C=O) groups excluding carboxylic acids is 1. The van der Waals surface area contributed by atoms with Gasteiger partial charge in [0.25, 0.3) is 0 Å². The van der Waals surface area contributed by atoms with E-state index < -0.39 is 5.41 Å². The summed E-state index contributed by atoms with van der Waals surface area (Å²) in [5.74, 6) is 0.482. The van der Waals surface area contributed by atoms with Gasteiger partial charge in [0, 0.05) is 11.9 Å². The van der Waals surface area contributed by atoms with Crippen molar-refractivity contribution >= 4 is 22.7 Å². The number of nitrogens with one attached hydrogen (secondary N) is 1. The molecular formula is C15H19N3O2. The van der Waals surface area contributed by atoms with E-state index >= 15 is 0 Å². The number of hydrogen-bond acceptors (Lipinski definition) is 5. The first kappa shape index (κ1) is 14.2. The van der Waals surface area contributed by atoms with Crippen LogP contribution in [0, 0.1) is 12.3 Å². The predicted octanol–water partition coefficient (Wildman–Crippen LogP) is 2.55. The van der Waals surface area contributed by atoms with Gasteiger partial charge in [0.15, 0.2) is 0 Å². The second-order valence-corrected chi connectivity index (χ2v) is 5.47. The molecule has 106 valence electrons. The van der Waals surface area contributed by atoms with Crippen molar-refractivity contribution in [2.45, 2.75) is 20.8 Å². The summed E-state index contributed by atoms with van der Waals surface area (Å²) in [5.41, 5.74) is 1.40. The zero-order valence-electron chi connectivity index (χ0n) is 12.2. The van der Waals surface area contributed by atoms with Crippen molar-refractivity contribution in [1.82, 2.24) is 9.97 Å². The third-order valence-electron chi connectivity index (χ3n) is 3.23. The van der Waals surface area contributed by atoms with Crippen LogP contribution in [0.15, 0.2) is 24.5 Å². The maximum Gasteiger partial charge on any atom is 0.313 e. The molecule has 5 nitrogen and oxygen atoms in total. The van der Waals surface area contributed by atoms with Crippen molar-refractivity contribution in [3.05, 3.63) is 30.1 Å². The molecule has 0 fully saturated rings. The molecule has 1 heterocycles. The molecule has 0 aliphatic carbocycles. The Morgan fingerprint density at radius 3 is 2.80 bits per heavy atom. The fourth-order valence-electron chi connectivity index (χ4n) is 1.96. The van der Waals surface area contributed by atoms with Crippen molar-refractivity contribution in [1.29, 1.82) is 0 Å². The van der Waals surface area contributed by atoms with Gasteiger partial charge in [-0.1, -0.05) is 11.6 Å². The minimum absolute atomic E-state index is 0.250. The molecule has 20 heavy (non-hydrogen) atoms. The van der Waals surface area contributed by atoms with Crippen LogP contribution in [0.5, 0.6) is 0 Å². The Labute approximate surface area is 118 Å². The molecule has 1 aromatic heterocycles. The Bertz CT molecular complexity index is 638. The Morgan fingerprint density at radius 1 is 1.35 bits per heavy atom. The Kier molecular flexibility index (Phi) is 3.88. The lowest BCUT2D eigenvalue weighted by Crippen LogP contribution is -2.33. The number of rotatable bonds is 4. The summed E-state index contributed by atoms with van der Waals surface area (Å²) in [7, 11) is 1.40. The third kappa shape index (κ3) is 2.87. The number of anilines is 1. The largest absolute Gasteiger partial charge is 0.469 e. The van der Waals surface area contributed by atoms with Crippen LogP contribution in [0.1, 0.15) is 19.4 Å². The van der Waals surface area contributed by atoms with Crippen LogP contribution in [0.2, 0.25) is 0 Å². The minimum Gasteiger partial charge on any atom is -0.469 e. The molecule has 0 bridgehead atoms. The van der Waals surface area contributed by atoms with Gasteiger partial charge in [0.1, 0.15) is 12.1 Å². The van der Waals surface area contributed by atoms with Crippen LogP contribution in [0.25, 0.3) is 10.9 Å². The molecule has 5 heteroatoms. The van der Waals surface area contributed by atoms with Crippen LogP contribution >= 0.6 is 0 Å². The summed E-state index contributed by atoms with van der Waals surface area (Å²) in [6.07, 6.45) is 1.52. The fraction of sp³-hybridized carbons (Fsp3) is 0.400. The average molecular weight is 273 g/mol. The minimum atomic E-state index is -0.615. The number of carbonyl (C=O) groups is 1. The molecule has 0 radical (unpaired) electrons. The van der Waals surface area contributed by atoms with Gasteiger partial charge in [-0.25, -0.2) is 9.97 Å². The molecule has 2 aromatic rings. The van der Waals surface area contributed by atoms with Crippen molar-refractivity contribution in [2.24, 2.45) is 5.41 Å². The number of ether oxygens (including phenoxy) is 1. The highest BCUT2D eigenvalue weighted by Crippen LogP contribution is 2.23. The second kappa shape index (κ2) is 5.45. The quantitative estimate of drug-likeness (QED) is 0.867. The second-order valence-electron chi connectivity index (χ2n) is 5.47. The Balaban J connectivity index is 2.26. The molecule has 0 spiro atoms. The average Bonchev–Trinajstić information content (AvgIpc) is 2.44. The number of benzene rings is 1. The van der Waals surface area contributed by atoms with E-state index in [1.165, 1.54) is 13.4 Å². The highest BCUT2D eigenvalue weighted by molar-refractivity contribution is 5.89. The summed E-state index contributed by atoms with van der Waals surface area (Å²) < 4.78 is 4.80. The lowest BCUT2D eigenvalue weighted by Gasteiger charge is -2.22. The molecule has 0 amide bonds. The first-order valence-electron chi connectivity index (χ1n) is 6.48. The highest BCUT2D eigenvalue weighted by atomic mass is 16.5. The molecule has 0 saturated heterocycles. The van der Waals surface area contributed by atoms with E-state index in [1.54, 1.807) is 0 Å². The van der Waals surface area contributed by atoms with Crippen LogP contribution in [0.4, 0.5) is 5.82 Å². The van der Waals surface area contributed by atoms with Gasteiger partial charge in [-0.3, -0.25) is 4.79 Å². The summed E-state index contributed by atoms with van der Waals surface area (Å²) in [5, 5.41) is 4.17. The van der Waals surface area contributed by atoms with Crippen LogP contribution in [-0.4, -0.2) is 29.6 Å². The van der Waals surface area contributed by atoms with Gasteiger partial charge in [-0.2, -0.15) is 0 Å². The Morgan fingerprint density at radius 2 is 2.10 bits per heavy atom. The van der Waals surface area contributed by atoms with Crippen molar-refractivity contribution in [3.8, 4) is 0 Å². The molecule has 0 unspecified atom stereocenters. The smallest absolute Gasteiger partial charge is 0.313 e. The number of hydrogen-bond donors (Lipinski definition) is 1. The van der Waals surface area contributed by atoms with Crippen LogP contribution in [0.3, 0.4) is 0 Å². The molecule has 2 rings (SSSR count). The fourth-order valence-corrected chi connectivity index (χ4v) is 1.96. The molecular weight excluding hydrogens is 254 g/mol. The monoisotopic (exact) mass is 273 g/mol. The van der Waals surface area contributed by atoms with E-state index in [-0.39, 0.29) is 5.97 Å². The standard InChI is InChI=1S/C15H19N3O2/c1-10-5-6-12-11(7-10)13(18-9-17-12)16-8-15(2,3)14(19)20-4/h5-7,9H,8H2,1-4H3,(H,16,17,18). The highest BCUT2D eigenvalue weighted by Gasteiger charge is 2.28. The van der Waals surface area contributed by atoms with Crippen molar-refractivity contribution in [2.75, 3.05) is 19.0 Å². The van der Waals surface area contributed by atoms with E-state index in [1.807, 2.05) is 39.0 Å². The third-order valence-corrected chi connectivity index (χ3v) is 3.23. The lowest BCUT2D eigenvalue weighted by atomic mass is 9.94. The normalized spacial score (nSPS) is 11.4. The van der Waals surface area contributed by atoms with Crippen molar-refractivity contribution in [3.63, 3.8) is 0 Å². The number of esters is 1. The first-order valence-corrected chi connectivity index (χ1v) is 6.48. The number of aromatic nitrogens is 2. The van der Waals surface area contributed by atoms with Gasteiger partial charge < -0.3 is 10.1 Å². The molecule has 0 atom stereocenters. The van der Waals surface area contributed by atoms with E-state index in [0.717, 1.165) is 22.3 Å². The predicted molar refractivity (Wildman–Crippen MR) is 78.6 cm³/mol. The Hall–Kier alpha value is -2.17. The van der Waals surface area contributed by atoms with Gasteiger partial charge in [-0.15, -0.1) is 0 Å². The lowest BCUT2D eigenvalue weighted by molar-refractivity contribution is -0.149. The summed E-state index contributed by atoms with van der Waals surface area (Å²) >= 11 is 0. The van der Waals surface area contributed by atoms with E-state index in [0.29, 0.717) is 6.54 Å². The summed E-state index contributed by atoms with van der Waals surface area (Å²) in [6.45, 7) is 6.13.